The first-order chi connectivity index (χ1) is 11.0. The first-order valence-corrected chi connectivity index (χ1v) is 7.63. The first kappa shape index (κ1) is 15.9. The summed E-state index contributed by atoms with van der Waals surface area (Å²) in [6.07, 6.45) is 1.88. The lowest BCUT2D eigenvalue weighted by Crippen LogP contribution is -2.60. The summed E-state index contributed by atoms with van der Waals surface area (Å²) in [5.74, 6) is -1.71. The third-order valence-corrected chi connectivity index (χ3v) is 4.32. The molecule has 0 saturated carbocycles. The fourth-order valence-corrected chi connectivity index (χ4v) is 3.07. The van der Waals surface area contributed by atoms with Crippen LogP contribution in [0.15, 0.2) is 18.2 Å². The molecular weight excluding hydrogens is 306 g/mol. The number of ether oxygens (including phenoxy) is 1. The second-order valence-electron chi connectivity index (χ2n) is 6.06. The van der Waals surface area contributed by atoms with E-state index in [4.69, 9.17) is 4.74 Å². The maximum Gasteiger partial charge on any atom is 0.220 e. The number of halogens is 2. The van der Waals surface area contributed by atoms with Gasteiger partial charge in [-0.25, -0.2) is 8.78 Å². The Kier molecular flexibility index (Phi) is 4.30. The van der Waals surface area contributed by atoms with Gasteiger partial charge >= 0.3 is 0 Å². The predicted molar refractivity (Wildman–Crippen MR) is 77.4 cm³/mol. The molecule has 2 saturated heterocycles. The summed E-state index contributed by atoms with van der Waals surface area (Å²) >= 11 is 0. The summed E-state index contributed by atoms with van der Waals surface area (Å²) in [7, 11) is 0. The van der Waals surface area contributed by atoms with E-state index in [1.54, 1.807) is 0 Å². The van der Waals surface area contributed by atoms with Crippen LogP contribution in [0, 0.1) is 11.6 Å². The Labute approximate surface area is 132 Å². The molecule has 0 bridgehead atoms. The second kappa shape index (κ2) is 6.23. The van der Waals surface area contributed by atoms with Crippen molar-refractivity contribution in [3.05, 3.63) is 35.4 Å². The lowest BCUT2D eigenvalue weighted by molar-refractivity contribution is -0.134. The van der Waals surface area contributed by atoms with Crippen molar-refractivity contribution in [2.24, 2.45) is 0 Å². The highest BCUT2D eigenvalue weighted by molar-refractivity contribution is 5.79. The highest BCUT2D eigenvalue weighted by Crippen LogP contribution is 2.33. The topological polar surface area (TPSA) is 67.4 Å². The summed E-state index contributed by atoms with van der Waals surface area (Å²) in [5.41, 5.74) is -1.31. The zero-order chi connectivity index (χ0) is 16.4. The van der Waals surface area contributed by atoms with Crippen molar-refractivity contribution in [2.45, 2.75) is 37.3 Å². The van der Waals surface area contributed by atoms with E-state index in [0.717, 1.165) is 0 Å². The highest BCUT2D eigenvalue weighted by atomic mass is 19.1. The molecule has 2 amide bonds. The van der Waals surface area contributed by atoms with E-state index in [9.17, 15) is 18.4 Å². The Hall–Kier alpha value is -2.02. The summed E-state index contributed by atoms with van der Waals surface area (Å²) in [5, 5.41) is 5.49. The third kappa shape index (κ3) is 3.19. The summed E-state index contributed by atoms with van der Waals surface area (Å²) in [6, 6.07) is 3.61. The minimum absolute atomic E-state index is 0.00676. The summed E-state index contributed by atoms with van der Waals surface area (Å²) in [6.45, 7) is 0.0769. The molecule has 1 aromatic carbocycles. The average molecular weight is 324 g/mol. The molecule has 5 nitrogen and oxygen atoms in total. The van der Waals surface area contributed by atoms with Crippen LogP contribution in [0.25, 0.3) is 0 Å². The van der Waals surface area contributed by atoms with Gasteiger partial charge in [0.1, 0.15) is 17.2 Å². The van der Waals surface area contributed by atoms with E-state index in [1.165, 1.54) is 18.2 Å². The van der Waals surface area contributed by atoms with Gasteiger partial charge in [0.15, 0.2) is 0 Å². The van der Waals surface area contributed by atoms with Crippen LogP contribution in [0.4, 0.5) is 8.78 Å². The lowest BCUT2D eigenvalue weighted by atomic mass is 9.86. The summed E-state index contributed by atoms with van der Waals surface area (Å²) in [4.78, 5) is 23.3. The van der Waals surface area contributed by atoms with Crippen molar-refractivity contribution in [1.29, 1.82) is 0 Å². The van der Waals surface area contributed by atoms with Gasteiger partial charge < -0.3 is 15.4 Å². The molecule has 0 radical (unpaired) electrons. The minimum atomic E-state index is -1.15. The third-order valence-electron chi connectivity index (χ3n) is 4.32. The van der Waals surface area contributed by atoms with Gasteiger partial charge in [-0.15, -0.1) is 0 Å². The molecule has 7 heteroatoms. The van der Waals surface area contributed by atoms with Gasteiger partial charge in [-0.1, -0.05) is 6.07 Å². The number of carbonyl (C=O) groups is 2. The Morgan fingerprint density at radius 2 is 2.04 bits per heavy atom. The quantitative estimate of drug-likeness (QED) is 0.859. The molecule has 0 aliphatic carbocycles. The molecule has 2 fully saturated rings. The molecule has 2 N–H and O–H groups in total. The number of rotatable bonds is 5. The molecule has 23 heavy (non-hydrogen) atoms. The SMILES string of the molecule is O=C1CC[C@H](CCC(=O)NC2(c3c(F)cccc3F)COC2)N1. The number of hydrogen-bond donors (Lipinski definition) is 2. The fourth-order valence-electron chi connectivity index (χ4n) is 3.07. The van der Waals surface area contributed by atoms with Crippen molar-refractivity contribution < 1.29 is 23.1 Å². The van der Waals surface area contributed by atoms with Crippen LogP contribution < -0.4 is 10.6 Å². The van der Waals surface area contributed by atoms with E-state index in [1.807, 2.05) is 0 Å². The zero-order valence-corrected chi connectivity index (χ0v) is 12.5. The monoisotopic (exact) mass is 324 g/mol. The van der Waals surface area contributed by atoms with Gasteiger partial charge in [-0.2, -0.15) is 0 Å². The van der Waals surface area contributed by atoms with Crippen LogP contribution >= 0.6 is 0 Å². The van der Waals surface area contributed by atoms with Crippen molar-refractivity contribution >= 4 is 11.8 Å². The van der Waals surface area contributed by atoms with E-state index < -0.39 is 17.2 Å². The predicted octanol–water partition coefficient (Wildman–Crippen LogP) is 1.37. The molecule has 2 aliphatic heterocycles. The van der Waals surface area contributed by atoms with E-state index >= 15 is 0 Å². The maximum absolute atomic E-state index is 14.0. The average Bonchev–Trinajstić information content (AvgIpc) is 2.87. The zero-order valence-electron chi connectivity index (χ0n) is 12.5. The molecule has 3 rings (SSSR count). The van der Waals surface area contributed by atoms with Crippen molar-refractivity contribution in [3.63, 3.8) is 0 Å². The van der Waals surface area contributed by atoms with Crippen molar-refractivity contribution in [3.8, 4) is 0 Å². The van der Waals surface area contributed by atoms with Crippen LogP contribution in [0.3, 0.4) is 0 Å². The molecule has 124 valence electrons. The summed E-state index contributed by atoms with van der Waals surface area (Å²) < 4.78 is 33.1. The molecule has 0 aromatic heterocycles. The minimum Gasteiger partial charge on any atom is -0.376 e. The number of carbonyl (C=O) groups excluding carboxylic acids is 2. The largest absolute Gasteiger partial charge is 0.376 e. The Morgan fingerprint density at radius 3 is 2.57 bits per heavy atom. The Balaban J connectivity index is 1.65. The maximum atomic E-state index is 14.0. The van der Waals surface area contributed by atoms with Crippen LogP contribution in [0.1, 0.15) is 31.2 Å². The van der Waals surface area contributed by atoms with Crippen LogP contribution in [0.5, 0.6) is 0 Å². The Bertz CT molecular complexity index is 612. The van der Waals surface area contributed by atoms with Crippen molar-refractivity contribution in [1.82, 2.24) is 10.6 Å². The normalized spacial score (nSPS) is 22.3. The van der Waals surface area contributed by atoms with Gasteiger partial charge in [0.05, 0.1) is 18.8 Å². The smallest absolute Gasteiger partial charge is 0.220 e. The lowest BCUT2D eigenvalue weighted by Gasteiger charge is -2.42. The van der Waals surface area contributed by atoms with Gasteiger partial charge in [0.2, 0.25) is 11.8 Å². The molecular formula is C16H18F2N2O3. The Morgan fingerprint density at radius 1 is 1.35 bits per heavy atom. The standard InChI is InChI=1S/C16H18F2N2O3/c17-11-2-1-3-12(18)15(11)16(8-23-9-16)20-14(22)7-5-10-4-6-13(21)19-10/h1-3,10H,4-9H2,(H,19,21)(H,20,22)/t10-/m1/s1. The molecule has 1 aromatic rings. The van der Waals surface area contributed by atoms with Gasteiger partial charge in [-0.05, 0) is 25.0 Å². The fraction of sp³-hybridized carbons (Fsp3) is 0.500. The second-order valence-corrected chi connectivity index (χ2v) is 6.06. The molecule has 0 unspecified atom stereocenters. The van der Waals surface area contributed by atoms with E-state index in [2.05, 4.69) is 10.6 Å². The molecule has 2 heterocycles. The molecule has 1 atom stereocenters. The van der Waals surface area contributed by atoms with E-state index in [0.29, 0.717) is 19.3 Å². The number of nitrogens with one attached hydrogen (secondary N) is 2. The van der Waals surface area contributed by atoms with Crippen LogP contribution in [-0.2, 0) is 19.9 Å². The number of hydrogen-bond acceptors (Lipinski definition) is 3. The number of amides is 2. The highest BCUT2D eigenvalue weighted by Gasteiger charge is 2.45. The van der Waals surface area contributed by atoms with Crippen LogP contribution in [0.2, 0.25) is 0 Å². The van der Waals surface area contributed by atoms with Gasteiger partial charge in [-0.3, -0.25) is 9.59 Å². The molecule has 2 aliphatic rings. The van der Waals surface area contributed by atoms with Gasteiger partial charge in [0.25, 0.3) is 0 Å². The van der Waals surface area contributed by atoms with Crippen molar-refractivity contribution in [2.75, 3.05) is 13.2 Å². The van der Waals surface area contributed by atoms with E-state index in [-0.39, 0.29) is 43.1 Å². The van der Waals surface area contributed by atoms with Gasteiger partial charge in [0, 0.05) is 18.9 Å². The molecule has 0 spiro atoms. The first-order valence-electron chi connectivity index (χ1n) is 7.63. The van der Waals surface area contributed by atoms with Crippen LogP contribution in [-0.4, -0.2) is 31.1 Å². The number of benzene rings is 1.